The molecule has 0 saturated carbocycles. The van der Waals surface area contributed by atoms with Gasteiger partial charge in [-0.15, -0.1) is 0 Å². The lowest BCUT2D eigenvalue weighted by molar-refractivity contribution is 0.661. The van der Waals surface area contributed by atoms with Crippen molar-refractivity contribution < 1.29 is 0 Å². The van der Waals surface area contributed by atoms with Crippen LogP contribution < -0.4 is 4.90 Å². The molecule has 9 rings (SSSR count). The summed E-state index contributed by atoms with van der Waals surface area (Å²) in [7, 11) is 0. The maximum atomic E-state index is 2.43. The smallest absolute Gasteiger partial charge is 0.0473 e. The largest absolute Gasteiger partial charge is 0.310 e. The number of hydrogen-bond acceptors (Lipinski definition) is 1. The lowest BCUT2D eigenvalue weighted by Gasteiger charge is -2.29. The molecule has 0 aromatic heterocycles. The molecular weight excluding hydrogens is 603 g/mol. The van der Waals surface area contributed by atoms with Gasteiger partial charge in [-0.1, -0.05) is 147 Å². The van der Waals surface area contributed by atoms with E-state index in [1.54, 1.807) is 0 Å². The molecule has 0 spiro atoms. The Morgan fingerprint density at radius 2 is 0.780 bits per heavy atom. The van der Waals surface area contributed by atoms with Crippen molar-refractivity contribution in [2.75, 3.05) is 4.90 Å². The van der Waals surface area contributed by atoms with Gasteiger partial charge in [0, 0.05) is 22.5 Å². The van der Waals surface area contributed by atoms with Crippen LogP contribution in [0.15, 0.2) is 188 Å². The highest BCUT2D eigenvalue weighted by molar-refractivity contribution is 5.95. The minimum absolute atomic E-state index is 0.144. The van der Waals surface area contributed by atoms with Crippen molar-refractivity contribution in [3.05, 3.63) is 199 Å². The zero-order valence-corrected chi connectivity index (χ0v) is 28.3. The zero-order valence-electron chi connectivity index (χ0n) is 28.3. The fourth-order valence-corrected chi connectivity index (χ4v) is 7.76. The molecule has 1 nitrogen and oxygen atoms in total. The first-order chi connectivity index (χ1) is 24.5. The summed E-state index contributed by atoms with van der Waals surface area (Å²) in [4.78, 5) is 2.43. The summed E-state index contributed by atoms with van der Waals surface area (Å²) in [5.74, 6) is 0. The van der Waals surface area contributed by atoms with E-state index < -0.39 is 0 Å². The van der Waals surface area contributed by atoms with E-state index in [0.717, 1.165) is 17.1 Å². The number of benzene rings is 8. The summed E-state index contributed by atoms with van der Waals surface area (Å²) in [6.07, 6.45) is 0. The minimum atomic E-state index is -0.144. The molecule has 0 atom stereocenters. The van der Waals surface area contributed by atoms with Crippen LogP contribution in [0.5, 0.6) is 0 Å². The Morgan fingerprint density at radius 3 is 1.36 bits per heavy atom. The van der Waals surface area contributed by atoms with Crippen molar-refractivity contribution in [2.45, 2.75) is 19.3 Å². The molecule has 0 radical (unpaired) electrons. The standard InChI is InChI=1S/C49H37N/c1-49(2)47-32-39-21-13-12-20-38(39)31-46(47)45-27-26-43(33-48(45)49)50(42-24-22-37(23-25-42)34-14-6-3-7-15-34)44-29-40(35-16-8-4-9-17-35)28-41(30-44)36-18-10-5-11-19-36/h3-33H,1-2H3. The molecule has 50 heavy (non-hydrogen) atoms. The number of anilines is 3. The highest BCUT2D eigenvalue weighted by atomic mass is 15.1. The van der Waals surface area contributed by atoms with Gasteiger partial charge in [-0.2, -0.15) is 0 Å². The summed E-state index contributed by atoms with van der Waals surface area (Å²) in [5.41, 5.74) is 15.8. The van der Waals surface area contributed by atoms with E-state index in [1.807, 2.05) is 0 Å². The van der Waals surface area contributed by atoms with E-state index in [9.17, 15) is 0 Å². The van der Waals surface area contributed by atoms with Crippen LogP contribution in [0.25, 0.3) is 55.3 Å². The summed E-state index contributed by atoms with van der Waals surface area (Å²) in [6.45, 7) is 4.75. The lowest BCUT2D eigenvalue weighted by atomic mass is 9.81. The Morgan fingerprint density at radius 1 is 0.320 bits per heavy atom. The second-order valence-electron chi connectivity index (χ2n) is 13.8. The van der Waals surface area contributed by atoms with E-state index in [0.29, 0.717) is 0 Å². The number of nitrogens with zero attached hydrogens (tertiary/aromatic N) is 1. The van der Waals surface area contributed by atoms with Gasteiger partial charge in [0.2, 0.25) is 0 Å². The van der Waals surface area contributed by atoms with E-state index >= 15 is 0 Å². The van der Waals surface area contributed by atoms with Gasteiger partial charge in [-0.05, 0) is 121 Å². The van der Waals surface area contributed by atoms with Crippen molar-refractivity contribution in [3.8, 4) is 44.5 Å². The van der Waals surface area contributed by atoms with Gasteiger partial charge in [0.15, 0.2) is 0 Å². The molecule has 0 bridgehead atoms. The normalized spacial score (nSPS) is 12.8. The average molecular weight is 640 g/mol. The number of fused-ring (bicyclic) bond motifs is 4. The topological polar surface area (TPSA) is 3.24 Å². The lowest BCUT2D eigenvalue weighted by Crippen LogP contribution is -2.16. The van der Waals surface area contributed by atoms with Crippen LogP contribution in [0.2, 0.25) is 0 Å². The summed E-state index contributed by atoms with van der Waals surface area (Å²) < 4.78 is 0. The Labute approximate surface area is 294 Å². The Bertz CT molecular complexity index is 2420. The van der Waals surface area contributed by atoms with Crippen molar-refractivity contribution >= 4 is 27.8 Å². The van der Waals surface area contributed by atoms with Crippen LogP contribution in [-0.4, -0.2) is 0 Å². The second kappa shape index (κ2) is 12.1. The fraction of sp³-hybridized carbons (Fsp3) is 0.0612. The first-order valence-corrected chi connectivity index (χ1v) is 17.4. The van der Waals surface area contributed by atoms with Crippen molar-refractivity contribution in [1.82, 2.24) is 0 Å². The van der Waals surface area contributed by atoms with Crippen molar-refractivity contribution in [1.29, 1.82) is 0 Å². The molecule has 0 fully saturated rings. The molecule has 0 saturated heterocycles. The second-order valence-corrected chi connectivity index (χ2v) is 13.8. The van der Waals surface area contributed by atoms with Gasteiger partial charge >= 0.3 is 0 Å². The minimum Gasteiger partial charge on any atom is -0.310 e. The van der Waals surface area contributed by atoms with E-state index in [1.165, 1.54) is 66.4 Å². The predicted molar refractivity (Wildman–Crippen MR) is 213 cm³/mol. The first kappa shape index (κ1) is 29.9. The summed E-state index contributed by atoms with van der Waals surface area (Å²) in [6, 6.07) is 68.7. The summed E-state index contributed by atoms with van der Waals surface area (Å²) >= 11 is 0. The van der Waals surface area contributed by atoms with E-state index in [-0.39, 0.29) is 5.41 Å². The van der Waals surface area contributed by atoms with E-state index in [4.69, 9.17) is 0 Å². The highest BCUT2D eigenvalue weighted by Gasteiger charge is 2.36. The molecule has 0 heterocycles. The van der Waals surface area contributed by atoms with Crippen molar-refractivity contribution in [2.24, 2.45) is 0 Å². The van der Waals surface area contributed by atoms with E-state index in [2.05, 4.69) is 207 Å². The highest BCUT2D eigenvalue weighted by Crippen LogP contribution is 2.52. The molecule has 0 aliphatic heterocycles. The summed E-state index contributed by atoms with van der Waals surface area (Å²) in [5, 5.41) is 2.57. The molecule has 8 aromatic carbocycles. The predicted octanol–water partition coefficient (Wildman–Crippen LogP) is 13.6. The molecule has 0 unspecified atom stereocenters. The van der Waals surface area contributed by atoms with Crippen LogP contribution in [0.1, 0.15) is 25.0 Å². The number of hydrogen-bond donors (Lipinski definition) is 0. The van der Waals surface area contributed by atoms with Gasteiger partial charge < -0.3 is 4.90 Å². The van der Waals surface area contributed by atoms with Crippen LogP contribution in [0.4, 0.5) is 17.1 Å². The Kier molecular flexibility index (Phi) is 7.21. The zero-order chi connectivity index (χ0) is 33.7. The monoisotopic (exact) mass is 639 g/mol. The third kappa shape index (κ3) is 5.19. The van der Waals surface area contributed by atoms with Crippen LogP contribution >= 0.6 is 0 Å². The molecule has 238 valence electrons. The third-order valence-electron chi connectivity index (χ3n) is 10.4. The molecule has 1 aliphatic carbocycles. The maximum Gasteiger partial charge on any atom is 0.0473 e. The average Bonchev–Trinajstić information content (AvgIpc) is 3.40. The fourth-order valence-electron chi connectivity index (χ4n) is 7.76. The van der Waals surface area contributed by atoms with Gasteiger partial charge in [0.25, 0.3) is 0 Å². The van der Waals surface area contributed by atoms with Crippen LogP contribution in [0, 0.1) is 0 Å². The molecule has 1 heteroatoms. The molecule has 8 aromatic rings. The molecular formula is C49H37N. The van der Waals surface area contributed by atoms with Crippen LogP contribution in [-0.2, 0) is 5.41 Å². The molecule has 1 aliphatic rings. The van der Waals surface area contributed by atoms with Crippen LogP contribution in [0.3, 0.4) is 0 Å². The first-order valence-electron chi connectivity index (χ1n) is 17.4. The van der Waals surface area contributed by atoms with Gasteiger partial charge in [-0.25, -0.2) is 0 Å². The van der Waals surface area contributed by atoms with Gasteiger partial charge in [0.05, 0.1) is 0 Å². The van der Waals surface area contributed by atoms with Crippen molar-refractivity contribution in [3.63, 3.8) is 0 Å². The molecule has 0 amide bonds. The van der Waals surface area contributed by atoms with Gasteiger partial charge in [-0.3, -0.25) is 0 Å². The number of rotatable bonds is 6. The third-order valence-corrected chi connectivity index (χ3v) is 10.4. The maximum absolute atomic E-state index is 2.43. The Hall–Kier alpha value is -6.18. The molecule has 0 N–H and O–H groups in total. The SMILES string of the molecule is CC1(C)c2cc(N(c3ccc(-c4ccccc4)cc3)c3cc(-c4ccccc4)cc(-c4ccccc4)c3)ccc2-c2cc3ccccc3cc21. The van der Waals surface area contributed by atoms with Gasteiger partial charge in [0.1, 0.15) is 0 Å². The quantitative estimate of drug-likeness (QED) is 0.175. The Balaban J connectivity index is 1.25.